The summed E-state index contributed by atoms with van der Waals surface area (Å²) in [5.41, 5.74) is 6.55. The van der Waals surface area contributed by atoms with Gasteiger partial charge in [0.2, 0.25) is 0 Å². The van der Waals surface area contributed by atoms with Gasteiger partial charge >= 0.3 is 5.69 Å². The van der Waals surface area contributed by atoms with Crippen molar-refractivity contribution in [3.05, 3.63) is 87.5 Å². The van der Waals surface area contributed by atoms with Gasteiger partial charge in [0.1, 0.15) is 18.0 Å². The Hall–Kier alpha value is -3.74. The number of nitrogens with zero attached hydrogens (tertiary/aromatic N) is 5. The van der Waals surface area contributed by atoms with Gasteiger partial charge in [-0.15, -0.1) is 0 Å². The molecule has 0 aliphatic heterocycles. The summed E-state index contributed by atoms with van der Waals surface area (Å²) in [6.45, 7) is 6.44. The number of rotatable bonds is 5. The molecule has 0 spiro atoms. The highest BCUT2D eigenvalue weighted by Crippen LogP contribution is 2.28. The molecule has 2 aromatic carbocycles. The largest absolute Gasteiger partial charge is 0.486 e. The number of ether oxygens (including phenoxy) is 1. The number of pyridine rings is 1. The Labute approximate surface area is 174 Å². The number of hydrogen-bond donors (Lipinski definition) is 0. The van der Waals surface area contributed by atoms with E-state index in [2.05, 4.69) is 53.5 Å². The van der Waals surface area contributed by atoms with Gasteiger partial charge in [0.15, 0.2) is 0 Å². The quantitative estimate of drug-likeness (QED) is 0.511. The van der Waals surface area contributed by atoms with Gasteiger partial charge in [-0.3, -0.25) is 4.98 Å². The van der Waals surface area contributed by atoms with Crippen molar-refractivity contribution in [2.45, 2.75) is 27.4 Å². The first-order chi connectivity index (χ1) is 14.5. The summed E-state index contributed by atoms with van der Waals surface area (Å²) in [6, 6.07) is 15.9. The molecule has 0 radical (unpaired) electrons. The van der Waals surface area contributed by atoms with Gasteiger partial charge in [0.25, 0.3) is 0 Å². The minimum atomic E-state index is -0.322. The molecule has 30 heavy (non-hydrogen) atoms. The van der Waals surface area contributed by atoms with Gasteiger partial charge < -0.3 is 4.74 Å². The van der Waals surface area contributed by atoms with Crippen LogP contribution in [-0.2, 0) is 13.7 Å². The fourth-order valence-electron chi connectivity index (χ4n) is 3.40. The first-order valence-corrected chi connectivity index (χ1v) is 9.69. The van der Waals surface area contributed by atoms with Gasteiger partial charge in [0.05, 0.1) is 5.69 Å². The average molecular weight is 401 g/mol. The molecule has 0 amide bonds. The maximum Gasteiger partial charge on any atom is 0.368 e. The number of para-hydroxylation sites is 1. The topological polar surface area (TPSA) is 74.8 Å². The molecule has 2 heterocycles. The van der Waals surface area contributed by atoms with Gasteiger partial charge in [-0.05, 0) is 71.7 Å². The van der Waals surface area contributed by atoms with Crippen molar-refractivity contribution in [2.24, 2.45) is 7.05 Å². The maximum atomic E-state index is 12.3. The van der Waals surface area contributed by atoms with Crippen molar-refractivity contribution in [1.82, 2.24) is 24.8 Å². The summed E-state index contributed by atoms with van der Waals surface area (Å²) >= 11 is 0. The van der Waals surface area contributed by atoms with E-state index in [1.54, 1.807) is 13.1 Å². The molecule has 0 aliphatic rings. The number of aryl methyl sites for hydroxylation is 4. The molecule has 7 nitrogen and oxygen atoms in total. The standard InChI is InChI=1S/C23H23N5O2/c1-15-8-6-12-24-21(15)18-10-11-19(17(3)13-18)14-30-22-16(2)7-5-9-20(22)28-23(29)27(4)25-26-28/h5-13H,14H2,1-4H3. The molecule has 0 atom stereocenters. The Kier molecular flexibility index (Phi) is 5.18. The van der Waals surface area contributed by atoms with Crippen LogP contribution in [0.4, 0.5) is 0 Å². The van der Waals surface area contributed by atoms with Crippen molar-refractivity contribution >= 4 is 0 Å². The average Bonchev–Trinajstić information content (AvgIpc) is 3.06. The summed E-state index contributed by atoms with van der Waals surface area (Å²) in [5.74, 6) is 0.615. The van der Waals surface area contributed by atoms with Crippen molar-refractivity contribution in [2.75, 3.05) is 0 Å². The van der Waals surface area contributed by atoms with Crippen LogP contribution < -0.4 is 10.4 Å². The molecule has 4 aromatic rings. The maximum absolute atomic E-state index is 12.3. The van der Waals surface area contributed by atoms with E-state index in [0.717, 1.165) is 33.5 Å². The van der Waals surface area contributed by atoms with Gasteiger partial charge in [-0.2, -0.15) is 9.36 Å². The zero-order valence-corrected chi connectivity index (χ0v) is 17.5. The van der Waals surface area contributed by atoms with Crippen LogP contribution in [0.3, 0.4) is 0 Å². The third-order valence-corrected chi connectivity index (χ3v) is 5.14. The summed E-state index contributed by atoms with van der Waals surface area (Å²) in [5, 5.41) is 7.74. The minimum absolute atomic E-state index is 0.322. The smallest absolute Gasteiger partial charge is 0.368 e. The second-order valence-electron chi connectivity index (χ2n) is 7.32. The highest BCUT2D eigenvalue weighted by Gasteiger charge is 2.15. The van der Waals surface area contributed by atoms with Crippen LogP contribution in [0, 0.1) is 20.8 Å². The van der Waals surface area contributed by atoms with Crippen LogP contribution in [0.25, 0.3) is 16.9 Å². The Bertz CT molecular complexity index is 1270. The molecule has 0 fully saturated rings. The fraction of sp³-hybridized carbons (Fsp3) is 0.217. The van der Waals surface area contributed by atoms with E-state index in [9.17, 15) is 4.79 Å². The highest BCUT2D eigenvalue weighted by atomic mass is 16.5. The van der Waals surface area contributed by atoms with Crippen molar-refractivity contribution in [3.8, 4) is 22.7 Å². The molecule has 0 saturated heterocycles. The summed E-state index contributed by atoms with van der Waals surface area (Å²) in [4.78, 5) is 16.8. The van der Waals surface area contributed by atoms with E-state index in [4.69, 9.17) is 4.74 Å². The molecule has 0 bridgehead atoms. The molecule has 0 aliphatic carbocycles. The zero-order valence-electron chi connectivity index (χ0n) is 17.5. The molecule has 4 rings (SSSR count). The van der Waals surface area contributed by atoms with E-state index in [1.165, 1.54) is 9.36 Å². The zero-order chi connectivity index (χ0) is 21.3. The summed E-state index contributed by atoms with van der Waals surface area (Å²) in [6.07, 6.45) is 1.81. The second kappa shape index (κ2) is 7.94. The lowest BCUT2D eigenvalue weighted by molar-refractivity contribution is 0.301. The SMILES string of the molecule is Cc1cc(-c2ncccc2C)ccc1COc1c(C)cccc1-n1nnn(C)c1=O. The Morgan fingerprint density at radius 3 is 2.43 bits per heavy atom. The third-order valence-electron chi connectivity index (χ3n) is 5.14. The first-order valence-electron chi connectivity index (χ1n) is 9.69. The number of aromatic nitrogens is 5. The predicted octanol–water partition coefficient (Wildman–Crippen LogP) is 3.53. The predicted molar refractivity (Wildman–Crippen MR) is 115 cm³/mol. The lowest BCUT2D eigenvalue weighted by Gasteiger charge is -2.15. The van der Waals surface area contributed by atoms with Crippen LogP contribution in [0.15, 0.2) is 59.5 Å². The summed E-state index contributed by atoms with van der Waals surface area (Å²) in [7, 11) is 1.57. The second-order valence-corrected chi connectivity index (χ2v) is 7.32. The molecule has 7 heteroatoms. The lowest BCUT2D eigenvalue weighted by Crippen LogP contribution is -2.22. The minimum Gasteiger partial charge on any atom is -0.486 e. The monoisotopic (exact) mass is 401 g/mol. The number of tetrazole rings is 1. The molecular weight excluding hydrogens is 378 g/mol. The van der Waals surface area contributed by atoms with E-state index in [-0.39, 0.29) is 5.69 Å². The van der Waals surface area contributed by atoms with E-state index < -0.39 is 0 Å². The Morgan fingerprint density at radius 2 is 1.73 bits per heavy atom. The lowest BCUT2D eigenvalue weighted by atomic mass is 10.0. The van der Waals surface area contributed by atoms with E-state index in [0.29, 0.717) is 18.0 Å². The van der Waals surface area contributed by atoms with Crippen molar-refractivity contribution in [1.29, 1.82) is 0 Å². The highest BCUT2D eigenvalue weighted by molar-refractivity contribution is 5.64. The van der Waals surface area contributed by atoms with E-state index in [1.807, 2.05) is 31.3 Å². The molecular formula is C23H23N5O2. The van der Waals surface area contributed by atoms with Crippen LogP contribution in [0.2, 0.25) is 0 Å². The van der Waals surface area contributed by atoms with Crippen molar-refractivity contribution < 1.29 is 4.74 Å². The Morgan fingerprint density at radius 1 is 0.933 bits per heavy atom. The number of benzene rings is 2. The van der Waals surface area contributed by atoms with Gasteiger partial charge in [-0.25, -0.2) is 4.79 Å². The van der Waals surface area contributed by atoms with Gasteiger partial charge in [0, 0.05) is 18.8 Å². The van der Waals surface area contributed by atoms with E-state index >= 15 is 0 Å². The van der Waals surface area contributed by atoms with Crippen molar-refractivity contribution in [3.63, 3.8) is 0 Å². The van der Waals surface area contributed by atoms with Gasteiger partial charge in [-0.1, -0.05) is 30.3 Å². The third kappa shape index (κ3) is 3.61. The molecule has 2 aromatic heterocycles. The number of hydrogen-bond acceptors (Lipinski definition) is 5. The normalized spacial score (nSPS) is 10.9. The molecule has 0 saturated carbocycles. The molecule has 0 N–H and O–H groups in total. The first kappa shape index (κ1) is 19.6. The van der Waals surface area contributed by atoms with Crippen LogP contribution >= 0.6 is 0 Å². The molecule has 152 valence electrons. The summed E-state index contributed by atoms with van der Waals surface area (Å²) < 4.78 is 8.61. The molecule has 0 unspecified atom stereocenters. The Balaban J connectivity index is 1.62. The van der Waals surface area contributed by atoms with Crippen LogP contribution in [-0.4, -0.2) is 24.8 Å². The van der Waals surface area contributed by atoms with Crippen LogP contribution in [0.1, 0.15) is 22.3 Å². The van der Waals surface area contributed by atoms with Crippen LogP contribution in [0.5, 0.6) is 5.75 Å². The fourth-order valence-corrected chi connectivity index (χ4v) is 3.40.